The maximum atomic E-state index is 2.37. The third-order valence-electron chi connectivity index (χ3n) is 6.40. The third kappa shape index (κ3) is 4.37. The van der Waals surface area contributed by atoms with Crippen molar-refractivity contribution >= 4 is 5.57 Å². The maximum Gasteiger partial charge on any atom is 0.00259 e. The molecule has 2 aromatic carbocycles. The minimum Gasteiger partial charge on any atom is -0.0626 e. The van der Waals surface area contributed by atoms with Crippen molar-refractivity contribution in [3.05, 3.63) is 112 Å². The van der Waals surface area contributed by atoms with Crippen LogP contribution in [0.25, 0.3) is 5.57 Å². The summed E-state index contributed by atoms with van der Waals surface area (Å²) in [6.07, 6.45) is 12.7. The predicted molar refractivity (Wildman–Crippen MR) is 126 cm³/mol. The lowest BCUT2D eigenvalue weighted by molar-refractivity contribution is 0.590. The van der Waals surface area contributed by atoms with Crippen molar-refractivity contribution in [1.29, 1.82) is 0 Å². The molecule has 4 rings (SSSR count). The SMILES string of the molecule is CC1C(CCc2ccc(C(C)(C)C)cc2)=CC=C1C1=CC=C(c2ccccc2)C1. The Kier molecular flexibility index (Phi) is 5.46. The fourth-order valence-corrected chi connectivity index (χ4v) is 4.40. The van der Waals surface area contributed by atoms with Crippen LogP contribution in [0.15, 0.2) is 95.6 Å². The summed E-state index contributed by atoms with van der Waals surface area (Å²) in [7, 11) is 0. The van der Waals surface area contributed by atoms with Crippen LogP contribution in [0, 0.1) is 5.92 Å². The van der Waals surface area contributed by atoms with Crippen molar-refractivity contribution < 1.29 is 0 Å². The summed E-state index contributed by atoms with van der Waals surface area (Å²) in [6, 6.07) is 20.0. The molecule has 0 saturated heterocycles. The molecule has 148 valence electrons. The van der Waals surface area contributed by atoms with Crippen molar-refractivity contribution in [3.63, 3.8) is 0 Å². The van der Waals surface area contributed by atoms with Crippen LogP contribution in [-0.4, -0.2) is 0 Å². The highest BCUT2D eigenvalue weighted by molar-refractivity contribution is 5.74. The van der Waals surface area contributed by atoms with Gasteiger partial charge in [0.1, 0.15) is 0 Å². The van der Waals surface area contributed by atoms with Crippen LogP contribution in [0.3, 0.4) is 0 Å². The van der Waals surface area contributed by atoms with Crippen LogP contribution >= 0.6 is 0 Å². The van der Waals surface area contributed by atoms with Crippen LogP contribution < -0.4 is 0 Å². The Morgan fingerprint density at radius 3 is 2.14 bits per heavy atom. The number of aryl methyl sites for hydroxylation is 1. The van der Waals surface area contributed by atoms with Gasteiger partial charge < -0.3 is 0 Å². The van der Waals surface area contributed by atoms with Crippen LogP contribution in [0.5, 0.6) is 0 Å². The van der Waals surface area contributed by atoms with Crippen LogP contribution in [0.1, 0.15) is 57.2 Å². The standard InChI is InChI=1S/C29H32/c1-21-23(13-10-22-11-17-27(18-12-22)29(2,3)4)16-19-28(21)26-15-14-25(20-26)24-8-6-5-7-9-24/h5-9,11-12,14-19,21H,10,13,20H2,1-4H3. The van der Waals surface area contributed by atoms with Crippen molar-refractivity contribution in [1.82, 2.24) is 0 Å². The number of benzene rings is 2. The molecule has 2 aromatic rings. The molecular weight excluding hydrogens is 348 g/mol. The van der Waals surface area contributed by atoms with Gasteiger partial charge in [-0.15, -0.1) is 0 Å². The molecule has 2 aliphatic carbocycles. The van der Waals surface area contributed by atoms with Gasteiger partial charge in [0.25, 0.3) is 0 Å². The van der Waals surface area contributed by atoms with Gasteiger partial charge in [-0.25, -0.2) is 0 Å². The summed E-state index contributed by atoms with van der Waals surface area (Å²) >= 11 is 0. The molecule has 0 fully saturated rings. The van der Waals surface area contributed by atoms with E-state index in [9.17, 15) is 0 Å². The quantitative estimate of drug-likeness (QED) is 0.496. The first kappa shape index (κ1) is 19.7. The summed E-state index contributed by atoms with van der Waals surface area (Å²) in [4.78, 5) is 0. The topological polar surface area (TPSA) is 0 Å². The number of hydrogen-bond donors (Lipinski definition) is 0. The van der Waals surface area contributed by atoms with Crippen molar-refractivity contribution in [2.24, 2.45) is 5.92 Å². The van der Waals surface area contributed by atoms with Gasteiger partial charge in [-0.1, -0.05) is 112 Å². The van der Waals surface area contributed by atoms with Gasteiger partial charge in [0.15, 0.2) is 0 Å². The molecule has 0 aromatic heterocycles. The van der Waals surface area contributed by atoms with Crippen LogP contribution in [-0.2, 0) is 11.8 Å². The molecule has 1 atom stereocenters. The Morgan fingerprint density at radius 2 is 1.45 bits per heavy atom. The molecule has 0 radical (unpaired) electrons. The average Bonchev–Trinajstić information content (AvgIpc) is 3.33. The third-order valence-corrected chi connectivity index (χ3v) is 6.40. The van der Waals surface area contributed by atoms with Crippen molar-refractivity contribution in [3.8, 4) is 0 Å². The molecule has 0 nitrogen and oxygen atoms in total. The van der Waals surface area contributed by atoms with Crippen LogP contribution in [0.4, 0.5) is 0 Å². The van der Waals surface area contributed by atoms with Gasteiger partial charge in [-0.2, -0.15) is 0 Å². The zero-order valence-corrected chi connectivity index (χ0v) is 18.2. The predicted octanol–water partition coefficient (Wildman–Crippen LogP) is 7.83. The Morgan fingerprint density at radius 1 is 0.759 bits per heavy atom. The molecule has 2 aliphatic rings. The fraction of sp³-hybridized carbons (Fsp3) is 0.310. The molecule has 1 unspecified atom stereocenters. The second-order valence-corrected chi connectivity index (χ2v) is 9.46. The summed E-state index contributed by atoms with van der Waals surface area (Å²) in [5.41, 5.74) is 10.4. The minimum absolute atomic E-state index is 0.224. The first-order valence-electron chi connectivity index (χ1n) is 10.9. The van der Waals surface area contributed by atoms with E-state index in [4.69, 9.17) is 0 Å². The Bertz CT molecular complexity index is 986. The van der Waals surface area contributed by atoms with Gasteiger partial charge in [-0.05, 0) is 58.1 Å². The van der Waals surface area contributed by atoms with E-state index in [1.54, 1.807) is 5.57 Å². The number of hydrogen-bond acceptors (Lipinski definition) is 0. The molecule has 0 saturated carbocycles. The minimum atomic E-state index is 0.224. The second kappa shape index (κ2) is 8.03. The Labute approximate surface area is 176 Å². The maximum absolute atomic E-state index is 2.37. The van der Waals surface area contributed by atoms with E-state index in [0.29, 0.717) is 5.92 Å². The number of rotatable bonds is 5. The summed E-state index contributed by atoms with van der Waals surface area (Å²) < 4.78 is 0. The fourth-order valence-electron chi connectivity index (χ4n) is 4.40. The number of allylic oxidation sites excluding steroid dienone is 8. The summed E-state index contributed by atoms with van der Waals surface area (Å²) in [6.45, 7) is 9.19. The van der Waals surface area contributed by atoms with E-state index in [2.05, 4.69) is 107 Å². The van der Waals surface area contributed by atoms with E-state index >= 15 is 0 Å². The Hall–Kier alpha value is -2.60. The lowest BCUT2D eigenvalue weighted by Gasteiger charge is -2.19. The van der Waals surface area contributed by atoms with Gasteiger partial charge >= 0.3 is 0 Å². The first-order valence-corrected chi connectivity index (χ1v) is 10.9. The van der Waals surface area contributed by atoms with E-state index in [1.807, 2.05) is 0 Å². The second-order valence-electron chi connectivity index (χ2n) is 9.46. The Balaban J connectivity index is 1.33. The highest BCUT2D eigenvalue weighted by atomic mass is 14.3. The summed E-state index contributed by atoms with van der Waals surface area (Å²) in [5.74, 6) is 0.527. The lowest BCUT2D eigenvalue weighted by Crippen LogP contribution is -2.10. The monoisotopic (exact) mass is 380 g/mol. The van der Waals surface area contributed by atoms with Crippen molar-refractivity contribution in [2.75, 3.05) is 0 Å². The molecule has 0 heterocycles. The smallest absolute Gasteiger partial charge is 0.00259 e. The van der Waals surface area contributed by atoms with Crippen molar-refractivity contribution in [2.45, 2.75) is 52.4 Å². The molecule has 0 heteroatoms. The molecule has 0 spiro atoms. The highest BCUT2D eigenvalue weighted by Gasteiger charge is 2.23. The first-order chi connectivity index (χ1) is 13.9. The van der Waals surface area contributed by atoms with Gasteiger partial charge in [0.05, 0.1) is 0 Å². The zero-order valence-electron chi connectivity index (χ0n) is 18.2. The van der Waals surface area contributed by atoms with E-state index in [1.165, 1.54) is 33.4 Å². The molecule has 0 N–H and O–H groups in total. The van der Waals surface area contributed by atoms with E-state index in [0.717, 1.165) is 19.3 Å². The van der Waals surface area contributed by atoms with Gasteiger partial charge in [-0.3, -0.25) is 0 Å². The normalized spacial score (nSPS) is 19.0. The molecular formula is C29H32. The average molecular weight is 381 g/mol. The highest BCUT2D eigenvalue weighted by Crippen LogP contribution is 2.40. The van der Waals surface area contributed by atoms with E-state index < -0.39 is 0 Å². The molecule has 29 heavy (non-hydrogen) atoms. The van der Waals surface area contributed by atoms with E-state index in [-0.39, 0.29) is 5.41 Å². The zero-order chi connectivity index (χ0) is 20.4. The largest absolute Gasteiger partial charge is 0.0626 e. The summed E-state index contributed by atoms with van der Waals surface area (Å²) in [5, 5.41) is 0. The molecule has 0 bridgehead atoms. The van der Waals surface area contributed by atoms with Gasteiger partial charge in [0.2, 0.25) is 0 Å². The molecule has 0 aliphatic heterocycles. The molecule has 0 amide bonds. The lowest BCUT2D eigenvalue weighted by atomic mass is 9.85. The van der Waals surface area contributed by atoms with Gasteiger partial charge in [0, 0.05) is 5.92 Å². The van der Waals surface area contributed by atoms with Crippen LogP contribution in [0.2, 0.25) is 0 Å².